The molecule has 0 atom stereocenters. The van der Waals surface area contributed by atoms with E-state index in [0.29, 0.717) is 10.0 Å². The van der Waals surface area contributed by atoms with Crippen LogP contribution in [-0.4, -0.2) is 33.8 Å². The fourth-order valence-electron chi connectivity index (χ4n) is 1.37. The number of anilines is 1. The summed E-state index contributed by atoms with van der Waals surface area (Å²) in [6.45, 7) is 0. The normalized spacial score (nSPS) is 10.7. The van der Waals surface area contributed by atoms with Crippen LogP contribution in [0.2, 0.25) is 0 Å². The van der Waals surface area contributed by atoms with Gasteiger partial charge in [-0.1, -0.05) is 11.3 Å². The summed E-state index contributed by atoms with van der Waals surface area (Å²) in [6, 6.07) is 0. The third-order valence-corrected chi connectivity index (χ3v) is 3.17. The van der Waals surface area contributed by atoms with E-state index in [1.807, 2.05) is 0 Å². The second kappa shape index (κ2) is 6.11. The van der Waals surface area contributed by atoms with Crippen LogP contribution in [0.15, 0.2) is 24.7 Å². The Morgan fingerprint density at radius 1 is 1.45 bits per heavy atom. The van der Waals surface area contributed by atoms with Crippen LogP contribution in [0, 0.1) is 0 Å². The molecule has 2 heterocycles. The smallest absolute Gasteiger partial charge is 0.349 e. The number of aromatic nitrogens is 3. The van der Waals surface area contributed by atoms with Gasteiger partial charge in [0.2, 0.25) is 5.91 Å². The summed E-state index contributed by atoms with van der Waals surface area (Å²) in [5.41, 5.74) is 0.817. The van der Waals surface area contributed by atoms with Gasteiger partial charge in [-0.25, -0.2) is 9.78 Å². The Kier molecular flexibility index (Phi) is 4.26. The topological polar surface area (TPSA) is 86.1 Å². The highest BCUT2D eigenvalue weighted by atomic mass is 32.1. The molecule has 7 nitrogen and oxygen atoms in total. The molecule has 1 N–H and O–H groups in total. The molecule has 0 radical (unpaired) electrons. The highest BCUT2D eigenvalue weighted by Gasteiger charge is 2.11. The van der Waals surface area contributed by atoms with Crippen molar-refractivity contribution in [3.63, 3.8) is 0 Å². The zero-order valence-corrected chi connectivity index (χ0v) is 11.7. The van der Waals surface area contributed by atoms with E-state index in [2.05, 4.69) is 20.1 Å². The number of hydrogen-bond donors (Lipinski definition) is 1. The Morgan fingerprint density at radius 3 is 2.90 bits per heavy atom. The van der Waals surface area contributed by atoms with Gasteiger partial charge in [-0.15, -0.1) is 0 Å². The summed E-state index contributed by atoms with van der Waals surface area (Å²) in [7, 11) is 3.08. The number of nitrogens with zero attached hydrogens (tertiary/aromatic N) is 3. The SMILES string of the molecule is COC(=O)c1cnc(NC(=O)/C=C/c2cnn(C)c2)s1. The van der Waals surface area contributed by atoms with E-state index in [1.165, 1.54) is 19.4 Å². The summed E-state index contributed by atoms with van der Waals surface area (Å²) in [4.78, 5) is 27.2. The van der Waals surface area contributed by atoms with Crippen LogP contribution in [0.1, 0.15) is 15.2 Å². The quantitative estimate of drug-likeness (QED) is 0.678. The second-order valence-electron chi connectivity index (χ2n) is 3.79. The average Bonchev–Trinajstić information content (AvgIpc) is 3.05. The second-order valence-corrected chi connectivity index (χ2v) is 4.82. The number of esters is 1. The average molecular weight is 292 g/mol. The first-order chi connectivity index (χ1) is 9.58. The maximum absolute atomic E-state index is 11.7. The van der Waals surface area contributed by atoms with Crippen molar-refractivity contribution in [1.82, 2.24) is 14.8 Å². The van der Waals surface area contributed by atoms with Crippen LogP contribution in [0.3, 0.4) is 0 Å². The Balaban J connectivity index is 1.96. The molecular formula is C12H12N4O3S. The van der Waals surface area contributed by atoms with Gasteiger partial charge in [0.1, 0.15) is 4.88 Å². The van der Waals surface area contributed by atoms with Gasteiger partial charge in [0, 0.05) is 24.9 Å². The first-order valence-electron chi connectivity index (χ1n) is 5.60. The van der Waals surface area contributed by atoms with Crippen LogP contribution >= 0.6 is 11.3 Å². The van der Waals surface area contributed by atoms with Gasteiger partial charge in [0.05, 0.1) is 19.5 Å². The van der Waals surface area contributed by atoms with E-state index in [1.54, 1.807) is 30.2 Å². The summed E-state index contributed by atoms with van der Waals surface area (Å²) < 4.78 is 6.20. The van der Waals surface area contributed by atoms with E-state index in [9.17, 15) is 9.59 Å². The standard InChI is InChI=1S/C12H12N4O3S/c1-16-7-8(5-14-16)3-4-10(17)15-12-13-6-9(20-12)11(18)19-2/h3-7H,1-2H3,(H,13,15,17)/b4-3+. The van der Waals surface area contributed by atoms with Gasteiger partial charge in [0.15, 0.2) is 5.13 Å². The Hall–Kier alpha value is -2.48. The first kappa shape index (κ1) is 13.9. The molecule has 2 aromatic heterocycles. The van der Waals surface area contributed by atoms with Crippen molar-refractivity contribution < 1.29 is 14.3 Å². The number of amides is 1. The van der Waals surface area contributed by atoms with E-state index < -0.39 is 5.97 Å². The number of aryl methyl sites for hydroxylation is 1. The van der Waals surface area contributed by atoms with Crippen LogP contribution < -0.4 is 5.32 Å². The lowest BCUT2D eigenvalue weighted by Gasteiger charge is -1.95. The number of nitrogens with one attached hydrogen (secondary N) is 1. The third-order valence-electron chi connectivity index (χ3n) is 2.27. The van der Waals surface area contributed by atoms with Crippen LogP contribution in [0.25, 0.3) is 6.08 Å². The summed E-state index contributed by atoms with van der Waals surface area (Å²) >= 11 is 1.05. The molecule has 0 aliphatic rings. The molecule has 1 amide bonds. The highest BCUT2D eigenvalue weighted by Crippen LogP contribution is 2.18. The summed E-state index contributed by atoms with van der Waals surface area (Å²) in [5, 5.41) is 6.89. The maximum atomic E-state index is 11.7. The predicted octanol–water partition coefficient (Wildman–Crippen LogP) is 1.32. The summed E-state index contributed by atoms with van der Waals surface area (Å²) in [6.07, 6.45) is 7.79. The molecule has 0 spiro atoms. The Bertz CT molecular complexity index is 659. The highest BCUT2D eigenvalue weighted by molar-refractivity contribution is 7.17. The van der Waals surface area contributed by atoms with Crippen molar-refractivity contribution in [2.75, 3.05) is 12.4 Å². The molecule has 8 heteroatoms. The fourth-order valence-corrected chi connectivity index (χ4v) is 2.11. The maximum Gasteiger partial charge on any atom is 0.349 e. The van der Waals surface area contributed by atoms with Crippen molar-refractivity contribution >= 4 is 34.4 Å². The lowest BCUT2D eigenvalue weighted by molar-refractivity contribution is -0.111. The largest absolute Gasteiger partial charge is 0.465 e. The number of methoxy groups -OCH3 is 1. The Morgan fingerprint density at radius 2 is 2.25 bits per heavy atom. The minimum atomic E-state index is -0.478. The van der Waals surface area contributed by atoms with Crippen molar-refractivity contribution in [2.45, 2.75) is 0 Å². The number of hydrogen-bond acceptors (Lipinski definition) is 6. The third kappa shape index (κ3) is 3.51. The summed E-state index contributed by atoms with van der Waals surface area (Å²) in [5.74, 6) is -0.812. The van der Waals surface area contributed by atoms with Gasteiger partial charge in [-0.3, -0.25) is 14.8 Å². The molecule has 0 unspecified atom stereocenters. The van der Waals surface area contributed by atoms with Crippen LogP contribution in [0.4, 0.5) is 5.13 Å². The van der Waals surface area contributed by atoms with E-state index in [0.717, 1.165) is 16.9 Å². The number of carbonyl (C=O) groups excluding carboxylic acids is 2. The molecule has 0 aliphatic heterocycles. The number of ether oxygens (including phenoxy) is 1. The zero-order chi connectivity index (χ0) is 14.5. The molecule has 0 fully saturated rings. The molecule has 0 aliphatic carbocycles. The number of rotatable bonds is 4. The molecule has 0 saturated heterocycles. The van der Waals surface area contributed by atoms with Gasteiger partial charge in [-0.2, -0.15) is 5.10 Å². The van der Waals surface area contributed by atoms with Crippen molar-refractivity contribution in [3.8, 4) is 0 Å². The number of carbonyl (C=O) groups is 2. The molecule has 0 bridgehead atoms. The lowest BCUT2D eigenvalue weighted by atomic mass is 10.3. The van der Waals surface area contributed by atoms with Crippen molar-refractivity contribution in [2.24, 2.45) is 7.05 Å². The van der Waals surface area contributed by atoms with Gasteiger partial charge < -0.3 is 4.74 Å². The van der Waals surface area contributed by atoms with Crippen molar-refractivity contribution in [3.05, 3.63) is 35.1 Å². The molecular weight excluding hydrogens is 280 g/mol. The van der Waals surface area contributed by atoms with E-state index >= 15 is 0 Å². The molecule has 2 rings (SSSR count). The molecule has 104 valence electrons. The van der Waals surface area contributed by atoms with E-state index in [4.69, 9.17) is 0 Å². The van der Waals surface area contributed by atoms with Crippen LogP contribution in [-0.2, 0) is 16.6 Å². The Labute approximate surface area is 118 Å². The molecule has 20 heavy (non-hydrogen) atoms. The van der Waals surface area contributed by atoms with E-state index in [-0.39, 0.29) is 5.91 Å². The fraction of sp³-hybridized carbons (Fsp3) is 0.167. The minimum Gasteiger partial charge on any atom is -0.465 e. The van der Waals surface area contributed by atoms with Crippen LogP contribution in [0.5, 0.6) is 0 Å². The van der Waals surface area contributed by atoms with Gasteiger partial charge in [-0.05, 0) is 6.08 Å². The van der Waals surface area contributed by atoms with Crippen molar-refractivity contribution in [1.29, 1.82) is 0 Å². The predicted molar refractivity (Wildman–Crippen MR) is 74.3 cm³/mol. The monoisotopic (exact) mass is 292 g/mol. The lowest BCUT2D eigenvalue weighted by Crippen LogP contribution is -2.07. The molecule has 2 aromatic rings. The van der Waals surface area contributed by atoms with Gasteiger partial charge >= 0.3 is 5.97 Å². The van der Waals surface area contributed by atoms with Gasteiger partial charge in [0.25, 0.3) is 0 Å². The molecule has 0 saturated carbocycles. The minimum absolute atomic E-state index is 0.332. The number of thiazole rings is 1. The zero-order valence-electron chi connectivity index (χ0n) is 10.9. The molecule has 0 aromatic carbocycles. The first-order valence-corrected chi connectivity index (χ1v) is 6.42.